The Morgan fingerprint density at radius 1 is 0.919 bits per heavy atom. The van der Waals surface area contributed by atoms with Gasteiger partial charge >= 0.3 is 12.0 Å². The fourth-order valence-electron chi connectivity index (χ4n) is 4.84. The zero-order chi connectivity index (χ0) is 26.9. The van der Waals surface area contributed by atoms with Gasteiger partial charge < -0.3 is 20.1 Å². The number of benzene rings is 1. The monoisotopic (exact) mass is 512 g/mol. The van der Waals surface area contributed by atoms with E-state index >= 15 is 0 Å². The van der Waals surface area contributed by atoms with Gasteiger partial charge in [0, 0.05) is 5.70 Å². The standard InChI is InChI=1S/C31H48N2O4/c1-5-8-9-10-11-12-13-14-15-16-17-18-19-21-25-26(22-20-23-27(25)36-6-2)29-28(30(34)37-7-3)24(4)32-31(35)33-29/h14-15,20,22-23,29H,5-13,16-19,21H2,1-4H3,(H2,32,33,35). The van der Waals surface area contributed by atoms with Crippen LogP contribution >= 0.6 is 0 Å². The van der Waals surface area contributed by atoms with E-state index in [0.717, 1.165) is 49.0 Å². The molecule has 0 bridgehead atoms. The van der Waals surface area contributed by atoms with E-state index in [1.165, 1.54) is 44.9 Å². The van der Waals surface area contributed by atoms with Crippen molar-refractivity contribution in [3.63, 3.8) is 0 Å². The predicted molar refractivity (Wildman–Crippen MR) is 151 cm³/mol. The van der Waals surface area contributed by atoms with Crippen molar-refractivity contribution in [3.05, 3.63) is 52.7 Å². The smallest absolute Gasteiger partial charge is 0.338 e. The van der Waals surface area contributed by atoms with Crippen LogP contribution in [0.4, 0.5) is 4.79 Å². The van der Waals surface area contributed by atoms with E-state index in [4.69, 9.17) is 9.47 Å². The lowest BCUT2D eigenvalue weighted by Crippen LogP contribution is -2.45. The summed E-state index contributed by atoms with van der Waals surface area (Å²) in [7, 11) is 0. The van der Waals surface area contributed by atoms with Crippen LogP contribution in [0.2, 0.25) is 0 Å². The van der Waals surface area contributed by atoms with Gasteiger partial charge in [-0.2, -0.15) is 0 Å². The van der Waals surface area contributed by atoms with Crippen molar-refractivity contribution in [2.45, 2.75) is 111 Å². The molecule has 1 aromatic carbocycles. The summed E-state index contributed by atoms with van der Waals surface area (Å²) in [5, 5.41) is 5.65. The number of carbonyl (C=O) groups is 2. The lowest BCUT2D eigenvalue weighted by atomic mass is 9.89. The van der Waals surface area contributed by atoms with E-state index in [1.807, 2.05) is 25.1 Å². The molecule has 1 aliphatic heterocycles. The molecule has 206 valence electrons. The molecule has 6 nitrogen and oxygen atoms in total. The summed E-state index contributed by atoms with van der Waals surface area (Å²) in [6.45, 7) is 8.57. The van der Waals surface area contributed by atoms with Crippen molar-refractivity contribution >= 4 is 12.0 Å². The number of rotatable bonds is 18. The van der Waals surface area contributed by atoms with E-state index in [9.17, 15) is 9.59 Å². The van der Waals surface area contributed by atoms with Gasteiger partial charge in [-0.25, -0.2) is 9.59 Å². The van der Waals surface area contributed by atoms with Gasteiger partial charge in [-0.3, -0.25) is 0 Å². The molecular weight excluding hydrogens is 464 g/mol. The first-order chi connectivity index (χ1) is 18.0. The third kappa shape index (κ3) is 10.3. The van der Waals surface area contributed by atoms with Crippen LogP contribution in [0.3, 0.4) is 0 Å². The molecule has 0 radical (unpaired) electrons. The molecule has 6 heteroatoms. The topological polar surface area (TPSA) is 76.7 Å². The maximum Gasteiger partial charge on any atom is 0.338 e. The van der Waals surface area contributed by atoms with Gasteiger partial charge in [-0.15, -0.1) is 0 Å². The summed E-state index contributed by atoms with van der Waals surface area (Å²) in [4.78, 5) is 25.1. The molecule has 1 aromatic rings. The average molecular weight is 513 g/mol. The second-order valence-electron chi connectivity index (χ2n) is 9.67. The Balaban J connectivity index is 1.98. The molecule has 0 aliphatic carbocycles. The van der Waals surface area contributed by atoms with Crippen LogP contribution in [0, 0.1) is 0 Å². The van der Waals surface area contributed by atoms with Gasteiger partial charge in [-0.05, 0) is 76.5 Å². The minimum absolute atomic E-state index is 0.273. The van der Waals surface area contributed by atoms with E-state index < -0.39 is 12.0 Å². The van der Waals surface area contributed by atoms with Gasteiger partial charge in [0.1, 0.15) is 5.75 Å². The predicted octanol–water partition coefficient (Wildman–Crippen LogP) is 7.69. The fourth-order valence-corrected chi connectivity index (χ4v) is 4.84. The molecule has 0 fully saturated rings. The molecule has 1 atom stereocenters. The molecule has 0 aromatic heterocycles. The van der Waals surface area contributed by atoms with E-state index in [1.54, 1.807) is 13.8 Å². The number of hydrogen-bond acceptors (Lipinski definition) is 4. The largest absolute Gasteiger partial charge is 0.494 e. The van der Waals surface area contributed by atoms with Crippen molar-refractivity contribution in [1.82, 2.24) is 10.6 Å². The molecule has 2 amide bonds. The Morgan fingerprint density at radius 2 is 1.59 bits per heavy atom. The highest BCUT2D eigenvalue weighted by atomic mass is 16.5. The second kappa shape index (κ2) is 17.7. The molecule has 1 heterocycles. The first kappa shape index (κ1) is 30.5. The normalized spacial score (nSPS) is 15.6. The van der Waals surface area contributed by atoms with Crippen LogP contribution < -0.4 is 15.4 Å². The number of allylic oxidation sites excluding steroid dienone is 3. The number of unbranched alkanes of at least 4 members (excludes halogenated alkanes) is 9. The zero-order valence-corrected chi connectivity index (χ0v) is 23.5. The number of hydrogen-bond donors (Lipinski definition) is 2. The summed E-state index contributed by atoms with van der Waals surface area (Å²) in [5.74, 6) is 0.394. The van der Waals surface area contributed by atoms with Crippen LogP contribution in [0.25, 0.3) is 0 Å². The SMILES string of the molecule is CCCCCCCCC=CCCCCCc1c(OCC)cccc1C1NC(=O)NC(C)=C1C(=O)OCC. The highest BCUT2D eigenvalue weighted by Crippen LogP contribution is 2.35. The molecule has 0 saturated heterocycles. The Labute approximate surface area is 224 Å². The van der Waals surface area contributed by atoms with Crippen LogP contribution in [0.1, 0.15) is 115 Å². The van der Waals surface area contributed by atoms with E-state index in [-0.39, 0.29) is 12.6 Å². The number of amides is 2. The van der Waals surface area contributed by atoms with Gasteiger partial charge in [-0.1, -0.05) is 69.7 Å². The Morgan fingerprint density at radius 3 is 2.27 bits per heavy atom. The maximum absolute atomic E-state index is 12.8. The number of ether oxygens (including phenoxy) is 2. The van der Waals surface area contributed by atoms with Crippen molar-refractivity contribution in [3.8, 4) is 5.75 Å². The Kier molecular flexibility index (Phi) is 14.5. The van der Waals surface area contributed by atoms with E-state index in [0.29, 0.717) is 17.9 Å². The third-order valence-electron chi connectivity index (χ3n) is 6.73. The summed E-state index contributed by atoms with van der Waals surface area (Å²) in [6.07, 6.45) is 19.1. The molecule has 2 N–H and O–H groups in total. The lowest BCUT2D eigenvalue weighted by molar-refractivity contribution is -0.139. The third-order valence-corrected chi connectivity index (χ3v) is 6.73. The number of esters is 1. The van der Waals surface area contributed by atoms with Crippen molar-refractivity contribution in [2.75, 3.05) is 13.2 Å². The van der Waals surface area contributed by atoms with Crippen molar-refractivity contribution in [2.24, 2.45) is 0 Å². The molecule has 1 aliphatic rings. The van der Waals surface area contributed by atoms with Crippen LogP contribution in [0.15, 0.2) is 41.6 Å². The summed E-state index contributed by atoms with van der Waals surface area (Å²) < 4.78 is 11.3. The highest BCUT2D eigenvalue weighted by Gasteiger charge is 2.33. The van der Waals surface area contributed by atoms with Crippen LogP contribution in [0.5, 0.6) is 5.75 Å². The second-order valence-corrected chi connectivity index (χ2v) is 9.67. The molecule has 1 unspecified atom stereocenters. The van der Waals surface area contributed by atoms with Crippen molar-refractivity contribution in [1.29, 1.82) is 0 Å². The molecule has 37 heavy (non-hydrogen) atoms. The minimum Gasteiger partial charge on any atom is -0.494 e. The van der Waals surface area contributed by atoms with Crippen LogP contribution in [-0.4, -0.2) is 25.2 Å². The molecule has 0 saturated carbocycles. The molecule has 0 spiro atoms. The fraction of sp³-hybridized carbons (Fsp3) is 0.613. The Hall–Kier alpha value is -2.76. The van der Waals surface area contributed by atoms with Gasteiger partial charge in [0.05, 0.1) is 24.8 Å². The van der Waals surface area contributed by atoms with Gasteiger partial charge in [0.25, 0.3) is 0 Å². The quantitative estimate of drug-likeness (QED) is 0.120. The molecule has 2 rings (SSSR count). The number of nitrogens with one attached hydrogen (secondary N) is 2. The highest BCUT2D eigenvalue weighted by molar-refractivity contribution is 5.95. The van der Waals surface area contributed by atoms with Crippen LogP contribution in [-0.2, 0) is 16.0 Å². The number of carbonyl (C=O) groups excluding carboxylic acids is 2. The lowest BCUT2D eigenvalue weighted by Gasteiger charge is -2.30. The van der Waals surface area contributed by atoms with Gasteiger partial charge in [0.2, 0.25) is 0 Å². The summed E-state index contributed by atoms with van der Waals surface area (Å²) >= 11 is 0. The zero-order valence-electron chi connectivity index (χ0n) is 23.5. The van der Waals surface area contributed by atoms with E-state index in [2.05, 4.69) is 29.7 Å². The van der Waals surface area contributed by atoms with Crippen molar-refractivity contribution < 1.29 is 19.1 Å². The minimum atomic E-state index is -0.576. The molecular formula is C31H48N2O4. The first-order valence-electron chi connectivity index (χ1n) is 14.4. The maximum atomic E-state index is 12.8. The Bertz CT molecular complexity index is 906. The van der Waals surface area contributed by atoms with Gasteiger partial charge in [0.15, 0.2) is 0 Å². The number of urea groups is 1. The first-order valence-corrected chi connectivity index (χ1v) is 14.4. The summed E-state index contributed by atoms with van der Waals surface area (Å²) in [6, 6.07) is 4.97. The summed E-state index contributed by atoms with van der Waals surface area (Å²) in [5.41, 5.74) is 2.89. The average Bonchev–Trinajstić information content (AvgIpc) is 2.87.